The standard InChI is InChI=1S/C17H24N2O3/c1-17(2,22)10-9-12-5-7-13(8-6-12)15(20)19-14-4-3-11-18-16(14)21/h5-8,14,22H,3-4,9-11H2,1-2H3,(H,18,21)(H,19,20)/t14-/m1/s1. The van der Waals surface area contributed by atoms with E-state index in [-0.39, 0.29) is 11.8 Å². The van der Waals surface area contributed by atoms with Gasteiger partial charge in [-0.2, -0.15) is 0 Å². The normalized spacial score (nSPS) is 18.7. The van der Waals surface area contributed by atoms with Crippen LogP contribution >= 0.6 is 0 Å². The zero-order valence-electron chi connectivity index (χ0n) is 13.2. The van der Waals surface area contributed by atoms with Crippen LogP contribution in [0.4, 0.5) is 0 Å². The zero-order chi connectivity index (χ0) is 16.2. The molecular formula is C17H24N2O3. The van der Waals surface area contributed by atoms with Crippen molar-refractivity contribution >= 4 is 11.8 Å². The third-order valence-electron chi connectivity index (χ3n) is 3.83. The molecule has 0 bridgehead atoms. The number of hydrogen-bond donors (Lipinski definition) is 3. The third-order valence-corrected chi connectivity index (χ3v) is 3.83. The molecule has 2 amide bonds. The van der Waals surface area contributed by atoms with Gasteiger partial charge in [-0.1, -0.05) is 12.1 Å². The molecule has 1 heterocycles. The Balaban J connectivity index is 1.92. The lowest BCUT2D eigenvalue weighted by Gasteiger charge is -2.22. The van der Waals surface area contributed by atoms with Crippen molar-refractivity contribution in [2.45, 2.75) is 51.2 Å². The number of carbonyl (C=O) groups excluding carboxylic acids is 2. The first-order valence-corrected chi connectivity index (χ1v) is 7.75. The molecule has 22 heavy (non-hydrogen) atoms. The van der Waals surface area contributed by atoms with Gasteiger partial charge in [0, 0.05) is 12.1 Å². The maximum atomic E-state index is 12.2. The van der Waals surface area contributed by atoms with Crippen molar-refractivity contribution in [1.29, 1.82) is 0 Å². The predicted octanol–water partition coefficient (Wildman–Crippen LogP) is 1.40. The number of nitrogens with one attached hydrogen (secondary N) is 2. The van der Waals surface area contributed by atoms with Crippen LogP contribution in [0.2, 0.25) is 0 Å². The Hall–Kier alpha value is -1.88. The molecule has 0 saturated carbocycles. The Morgan fingerprint density at radius 3 is 2.64 bits per heavy atom. The molecule has 1 aromatic carbocycles. The third kappa shape index (κ3) is 4.84. The van der Waals surface area contributed by atoms with E-state index in [1.165, 1.54) is 0 Å². The molecule has 0 aromatic heterocycles. The van der Waals surface area contributed by atoms with Crippen LogP contribution in [0.5, 0.6) is 0 Å². The quantitative estimate of drug-likeness (QED) is 0.769. The molecule has 5 heteroatoms. The summed E-state index contributed by atoms with van der Waals surface area (Å²) < 4.78 is 0. The molecule has 1 fully saturated rings. The van der Waals surface area contributed by atoms with Crippen LogP contribution in [-0.4, -0.2) is 35.1 Å². The lowest BCUT2D eigenvalue weighted by molar-refractivity contribution is -0.124. The van der Waals surface area contributed by atoms with E-state index in [1.54, 1.807) is 26.0 Å². The van der Waals surface area contributed by atoms with E-state index in [0.29, 0.717) is 24.9 Å². The smallest absolute Gasteiger partial charge is 0.251 e. The Bertz CT molecular complexity index is 532. The zero-order valence-corrected chi connectivity index (χ0v) is 13.2. The molecule has 120 valence electrons. The molecule has 0 radical (unpaired) electrons. The highest BCUT2D eigenvalue weighted by Gasteiger charge is 2.23. The van der Waals surface area contributed by atoms with Gasteiger partial charge in [-0.25, -0.2) is 0 Å². The summed E-state index contributed by atoms with van der Waals surface area (Å²) in [5.41, 5.74) is 0.934. The summed E-state index contributed by atoms with van der Waals surface area (Å²) in [5, 5.41) is 15.2. The molecule has 1 aromatic rings. The van der Waals surface area contributed by atoms with E-state index in [4.69, 9.17) is 0 Å². The lowest BCUT2D eigenvalue weighted by atomic mass is 9.98. The summed E-state index contributed by atoms with van der Waals surface area (Å²) in [4.78, 5) is 23.8. The molecule has 5 nitrogen and oxygen atoms in total. The second-order valence-corrected chi connectivity index (χ2v) is 6.47. The fourth-order valence-electron chi connectivity index (χ4n) is 2.42. The second kappa shape index (κ2) is 6.92. The molecule has 3 N–H and O–H groups in total. The van der Waals surface area contributed by atoms with Crippen LogP contribution in [0, 0.1) is 0 Å². The molecular weight excluding hydrogens is 280 g/mol. The van der Waals surface area contributed by atoms with Crippen molar-refractivity contribution in [2.75, 3.05) is 6.54 Å². The van der Waals surface area contributed by atoms with Crippen LogP contribution in [0.1, 0.15) is 49.0 Å². The fourth-order valence-corrected chi connectivity index (χ4v) is 2.42. The van der Waals surface area contributed by atoms with Gasteiger partial charge in [0.1, 0.15) is 6.04 Å². The summed E-state index contributed by atoms with van der Waals surface area (Å²) in [6, 6.07) is 6.87. The van der Waals surface area contributed by atoms with Gasteiger partial charge in [0.2, 0.25) is 5.91 Å². The van der Waals surface area contributed by atoms with Crippen LogP contribution in [-0.2, 0) is 11.2 Å². The van der Waals surface area contributed by atoms with Gasteiger partial charge < -0.3 is 15.7 Å². The van der Waals surface area contributed by atoms with E-state index in [9.17, 15) is 14.7 Å². The molecule has 1 atom stereocenters. The minimum Gasteiger partial charge on any atom is -0.390 e. The molecule has 1 saturated heterocycles. The summed E-state index contributed by atoms with van der Waals surface area (Å²) in [6.07, 6.45) is 2.99. The van der Waals surface area contributed by atoms with Crippen LogP contribution in [0.25, 0.3) is 0 Å². The van der Waals surface area contributed by atoms with E-state index >= 15 is 0 Å². The Kier molecular flexibility index (Phi) is 5.19. The van der Waals surface area contributed by atoms with E-state index in [2.05, 4.69) is 10.6 Å². The Morgan fingerprint density at radius 2 is 2.05 bits per heavy atom. The first-order chi connectivity index (χ1) is 10.3. The van der Waals surface area contributed by atoms with Gasteiger partial charge in [-0.05, 0) is 57.2 Å². The van der Waals surface area contributed by atoms with Crippen molar-refractivity contribution in [2.24, 2.45) is 0 Å². The molecule has 0 unspecified atom stereocenters. The predicted molar refractivity (Wildman–Crippen MR) is 84.6 cm³/mol. The van der Waals surface area contributed by atoms with Crippen molar-refractivity contribution in [3.63, 3.8) is 0 Å². The van der Waals surface area contributed by atoms with Gasteiger partial charge in [0.25, 0.3) is 5.91 Å². The van der Waals surface area contributed by atoms with Gasteiger partial charge in [0.15, 0.2) is 0 Å². The molecule has 1 aliphatic rings. The molecule has 2 rings (SSSR count). The van der Waals surface area contributed by atoms with E-state index < -0.39 is 11.6 Å². The largest absolute Gasteiger partial charge is 0.390 e. The van der Waals surface area contributed by atoms with Crippen LogP contribution in [0.3, 0.4) is 0 Å². The highest BCUT2D eigenvalue weighted by atomic mass is 16.3. The van der Waals surface area contributed by atoms with Gasteiger partial charge in [0.05, 0.1) is 5.60 Å². The summed E-state index contributed by atoms with van der Waals surface area (Å²) in [6.45, 7) is 4.25. The van der Waals surface area contributed by atoms with Gasteiger partial charge in [-0.3, -0.25) is 9.59 Å². The van der Waals surface area contributed by atoms with Crippen LogP contribution < -0.4 is 10.6 Å². The summed E-state index contributed by atoms with van der Waals surface area (Å²) in [5.74, 6) is -0.336. The fraction of sp³-hybridized carbons (Fsp3) is 0.529. The van der Waals surface area contributed by atoms with Crippen LogP contribution in [0.15, 0.2) is 24.3 Å². The average molecular weight is 304 g/mol. The Labute approximate surface area is 131 Å². The number of rotatable bonds is 5. The second-order valence-electron chi connectivity index (χ2n) is 6.47. The number of aliphatic hydroxyl groups is 1. The first kappa shape index (κ1) is 16.5. The SMILES string of the molecule is CC(C)(O)CCc1ccc(C(=O)N[C@@H]2CCCNC2=O)cc1. The number of carbonyl (C=O) groups is 2. The Morgan fingerprint density at radius 1 is 1.36 bits per heavy atom. The summed E-state index contributed by atoms with van der Waals surface area (Å²) >= 11 is 0. The van der Waals surface area contributed by atoms with Gasteiger partial charge in [-0.15, -0.1) is 0 Å². The maximum Gasteiger partial charge on any atom is 0.251 e. The summed E-state index contributed by atoms with van der Waals surface area (Å²) in [7, 11) is 0. The number of aryl methyl sites for hydroxylation is 1. The van der Waals surface area contributed by atoms with Gasteiger partial charge >= 0.3 is 0 Å². The lowest BCUT2D eigenvalue weighted by Crippen LogP contribution is -2.50. The number of amides is 2. The number of benzene rings is 1. The number of piperidine rings is 1. The monoisotopic (exact) mass is 304 g/mol. The highest BCUT2D eigenvalue weighted by Crippen LogP contribution is 2.14. The molecule has 1 aliphatic heterocycles. The van der Waals surface area contributed by atoms with E-state index in [0.717, 1.165) is 18.4 Å². The van der Waals surface area contributed by atoms with Crippen molar-refractivity contribution < 1.29 is 14.7 Å². The molecule has 0 spiro atoms. The topological polar surface area (TPSA) is 78.4 Å². The minimum absolute atomic E-state index is 0.110. The number of hydrogen-bond acceptors (Lipinski definition) is 3. The van der Waals surface area contributed by atoms with Crippen molar-refractivity contribution in [1.82, 2.24) is 10.6 Å². The maximum absolute atomic E-state index is 12.2. The molecule has 0 aliphatic carbocycles. The van der Waals surface area contributed by atoms with Crippen molar-refractivity contribution in [3.05, 3.63) is 35.4 Å². The average Bonchev–Trinajstić information content (AvgIpc) is 2.47. The highest BCUT2D eigenvalue weighted by molar-refractivity contribution is 5.97. The van der Waals surface area contributed by atoms with Crippen molar-refractivity contribution in [3.8, 4) is 0 Å². The first-order valence-electron chi connectivity index (χ1n) is 7.75. The minimum atomic E-state index is -0.690. The van der Waals surface area contributed by atoms with E-state index in [1.807, 2.05) is 12.1 Å².